The van der Waals surface area contributed by atoms with Gasteiger partial charge in [-0.05, 0) is 64.4 Å². The Kier molecular flexibility index (Phi) is 4.96. The van der Waals surface area contributed by atoms with Crippen LogP contribution in [0.3, 0.4) is 0 Å². The molecular weight excluding hydrogens is 471 g/mol. The molecule has 8 rings (SSSR count). The number of anilines is 6. The summed E-state index contributed by atoms with van der Waals surface area (Å²) in [4.78, 5) is 4.91. The summed E-state index contributed by atoms with van der Waals surface area (Å²) in [5, 5.41) is 0. The molecule has 0 aliphatic carbocycles. The minimum Gasteiger partial charge on any atom is -0.311 e. The summed E-state index contributed by atoms with van der Waals surface area (Å²) >= 11 is 0. The molecule has 2 aliphatic rings. The van der Waals surface area contributed by atoms with Crippen LogP contribution < -0.4 is 26.2 Å². The van der Waals surface area contributed by atoms with Crippen LogP contribution in [0.25, 0.3) is 11.1 Å². The highest BCUT2D eigenvalue weighted by molar-refractivity contribution is 7.00. The van der Waals surface area contributed by atoms with Crippen molar-refractivity contribution in [2.75, 3.05) is 9.80 Å². The van der Waals surface area contributed by atoms with Gasteiger partial charge in [-0.15, -0.1) is 0 Å². The fraction of sp³-hybridized carbons (Fsp3) is 0. The molecule has 2 nitrogen and oxygen atoms in total. The van der Waals surface area contributed by atoms with Gasteiger partial charge in [0, 0.05) is 34.0 Å². The van der Waals surface area contributed by atoms with Gasteiger partial charge >= 0.3 is 0 Å². The van der Waals surface area contributed by atoms with E-state index in [1.165, 1.54) is 61.6 Å². The molecule has 6 aromatic rings. The molecule has 0 fully saturated rings. The molecule has 0 saturated heterocycles. The second-order valence-electron chi connectivity index (χ2n) is 10.2. The molecule has 39 heavy (non-hydrogen) atoms. The van der Waals surface area contributed by atoms with Crippen LogP contribution in [-0.2, 0) is 0 Å². The van der Waals surface area contributed by atoms with Crippen LogP contribution in [0, 0.1) is 0 Å². The summed E-state index contributed by atoms with van der Waals surface area (Å²) < 4.78 is 0. The molecule has 0 saturated carbocycles. The van der Waals surface area contributed by atoms with E-state index in [-0.39, 0.29) is 6.71 Å². The van der Waals surface area contributed by atoms with E-state index < -0.39 is 0 Å². The van der Waals surface area contributed by atoms with Gasteiger partial charge < -0.3 is 9.80 Å². The van der Waals surface area contributed by atoms with Crippen LogP contribution >= 0.6 is 0 Å². The predicted molar refractivity (Wildman–Crippen MR) is 166 cm³/mol. The van der Waals surface area contributed by atoms with Gasteiger partial charge in [-0.3, -0.25) is 0 Å². The lowest BCUT2D eigenvalue weighted by molar-refractivity contribution is 1.25. The summed E-state index contributed by atoms with van der Waals surface area (Å²) in [5.74, 6) is 0. The van der Waals surface area contributed by atoms with Gasteiger partial charge in [0.2, 0.25) is 0 Å². The molecule has 0 spiro atoms. The van der Waals surface area contributed by atoms with Gasteiger partial charge in [0.15, 0.2) is 0 Å². The van der Waals surface area contributed by atoms with Gasteiger partial charge in [0.25, 0.3) is 6.71 Å². The maximum Gasteiger partial charge on any atom is 0.252 e. The molecule has 0 bridgehead atoms. The fourth-order valence-electron chi connectivity index (χ4n) is 6.48. The SMILES string of the molecule is c1ccc(-c2ccccc2N2c3ccccc3B3c4ccccc4N(c4ccccc4)c4cccc2c43)cc1. The zero-order valence-corrected chi connectivity index (χ0v) is 21.4. The molecule has 182 valence electrons. The van der Waals surface area contributed by atoms with Crippen molar-refractivity contribution in [3.05, 3.63) is 152 Å². The highest BCUT2D eigenvalue weighted by atomic mass is 15.2. The van der Waals surface area contributed by atoms with Crippen molar-refractivity contribution < 1.29 is 0 Å². The van der Waals surface area contributed by atoms with Crippen molar-refractivity contribution in [2.24, 2.45) is 0 Å². The topological polar surface area (TPSA) is 6.48 Å². The Bertz CT molecular complexity index is 1830. The third-order valence-electron chi connectivity index (χ3n) is 8.05. The zero-order chi connectivity index (χ0) is 25.8. The molecule has 2 heterocycles. The summed E-state index contributed by atoms with van der Waals surface area (Å²) in [6.07, 6.45) is 0. The molecule has 0 radical (unpaired) electrons. The number of hydrogen-bond acceptors (Lipinski definition) is 2. The fourth-order valence-corrected chi connectivity index (χ4v) is 6.48. The summed E-state index contributed by atoms with van der Waals surface area (Å²) in [6.45, 7) is 0.156. The zero-order valence-electron chi connectivity index (χ0n) is 21.4. The first kappa shape index (κ1) is 22.0. The van der Waals surface area contributed by atoms with Crippen LogP contribution in [0.5, 0.6) is 0 Å². The normalized spacial score (nSPS) is 13.0. The predicted octanol–water partition coefficient (Wildman–Crippen LogP) is 7.44. The molecule has 0 N–H and O–H groups in total. The quantitative estimate of drug-likeness (QED) is 0.235. The van der Waals surface area contributed by atoms with E-state index in [4.69, 9.17) is 0 Å². The number of nitrogens with zero attached hydrogens (tertiary/aromatic N) is 2. The van der Waals surface area contributed by atoms with Gasteiger partial charge in [0.1, 0.15) is 0 Å². The van der Waals surface area contributed by atoms with Crippen molar-refractivity contribution in [1.82, 2.24) is 0 Å². The van der Waals surface area contributed by atoms with Crippen molar-refractivity contribution >= 4 is 57.2 Å². The van der Waals surface area contributed by atoms with Crippen LogP contribution in [0.4, 0.5) is 34.1 Å². The average molecular weight is 496 g/mol. The van der Waals surface area contributed by atoms with E-state index in [0.29, 0.717) is 0 Å². The number of para-hydroxylation sites is 4. The first-order valence-corrected chi connectivity index (χ1v) is 13.5. The number of rotatable bonds is 3. The van der Waals surface area contributed by atoms with Crippen LogP contribution in [0.15, 0.2) is 152 Å². The third-order valence-corrected chi connectivity index (χ3v) is 8.05. The maximum absolute atomic E-state index is 2.48. The second-order valence-corrected chi connectivity index (χ2v) is 10.2. The molecular formula is C36H25BN2. The minimum absolute atomic E-state index is 0.156. The Morgan fingerprint density at radius 1 is 0.359 bits per heavy atom. The van der Waals surface area contributed by atoms with Gasteiger partial charge in [0.05, 0.1) is 5.69 Å². The van der Waals surface area contributed by atoms with Gasteiger partial charge in [-0.1, -0.05) is 109 Å². The first-order chi connectivity index (χ1) is 19.4. The van der Waals surface area contributed by atoms with Crippen LogP contribution in [0.2, 0.25) is 0 Å². The molecule has 3 heteroatoms. The monoisotopic (exact) mass is 496 g/mol. The Hall–Kier alpha value is -5.02. The molecule has 0 unspecified atom stereocenters. The molecule has 0 amide bonds. The molecule has 0 aromatic heterocycles. The van der Waals surface area contributed by atoms with Crippen molar-refractivity contribution in [3.63, 3.8) is 0 Å². The summed E-state index contributed by atoms with van der Waals surface area (Å²) in [7, 11) is 0. The van der Waals surface area contributed by atoms with E-state index >= 15 is 0 Å². The molecule has 0 atom stereocenters. The van der Waals surface area contributed by atoms with Crippen molar-refractivity contribution in [2.45, 2.75) is 0 Å². The van der Waals surface area contributed by atoms with Crippen LogP contribution in [-0.4, -0.2) is 6.71 Å². The number of fused-ring (bicyclic) bond motifs is 4. The second kappa shape index (κ2) is 8.78. The summed E-state index contributed by atoms with van der Waals surface area (Å²) in [5.41, 5.74) is 13.8. The average Bonchev–Trinajstić information content (AvgIpc) is 3.02. The highest BCUT2D eigenvalue weighted by Crippen LogP contribution is 2.45. The minimum atomic E-state index is 0.156. The third kappa shape index (κ3) is 3.30. The van der Waals surface area contributed by atoms with Gasteiger partial charge in [-0.25, -0.2) is 0 Å². The first-order valence-electron chi connectivity index (χ1n) is 13.5. The molecule has 6 aromatic carbocycles. The van der Waals surface area contributed by atoms with E-state index in [1.807, 2.05) is 0 Å². The van der Waals surface area contributed by atoms with Crippen molar-refractivity contribution in [3.8, 4) is 11.1 Å². The van der Waals surface area contributed by atoms with Crippen molar-refractivity contribution in [1.29, 1.82) is 0 Å². The molecule has 2 aliphatic heterocycles. The Morgan fingerprint density at radius 2 is 0.846 bits per heavy atom. The Morgan fingerprint density at radius 3 is 1.54 bits per heavy atom. The largest absolute Gasteiger partial charge is 0.311 e. The lowest BCUT2D eigenvalue weighted by Crippen LogP contribution is -2.61. The standard InChI is InChI=1S/C36H25BN2/c1-3-14-26(15-4-1)28-18-7-10-21-31(28)39-33-23-12-9-20-30(33)37-29-19-8-11-22-32(29)38(27-16-5-2-6-17-27)34-24-13-25-35(39)36(34)37/h1-25H. The Labute approximate surface area is 229 Å². The number of benzene rings is 6. The lowest BCUT2D eigenvalue weighted by atomic mass is 9.33. The maximum atomic E-state index is 2.48. The van der Waals surface area contributed by atoms with E-state index in [9.17, 15) is 0 Å². The van der Waals surface area contributed by atoms with E-state index in [0.717, 1.165) is 0 Å². The highest BCUT2D eigenvalue weighted by Gasteiger charge is 2.42. The van der Waals surface area contributed by atoms with E-state index in [2.05, 4.69) is 161 Å². The van der Waals surface area contributed by atoms with E-state index in [1.54, 1.807) is 0 Å². The smallest absolute Gasteiger partial charge is 0.252 e. The number of hydrogen-bond donors (Lipinski definition) is 0. The van der Waals surface area contributed by atoms with Crippen LogP contribution in [0.1, 0.15) is 0 Å². The lowest BCUT2D eigenvalue weighted by Gasteiger charge is -2.44. The summed E-state index contributed by atoms with van der Waals surface area (Å²) in [6, 6.07) is 54.8. The van der Waals surface area contributed by atoms with Gasteiger partial charge in [-0.2, -0.15) is 0 Å². The Balaban J connectivity index is 1.45.